The second-order valence-electron chi connectivity index (χ2n) is 14.1. The fourth-order valence-electron chi connectivity index (χ4n) is 7.94. The van der Waals surface area contributed by atoms with E-state index in [1.807, 2.05) is 0 Å². The summed E-state index contributed by atoms with van der Waals surface area (Å²) < 4.78 is 6.94. The first-order valence-corrected chi connectivity index (χ1v) is 19.1. The van der Waals surface area contributed by atoms with Crippen molar-refractivity contribution in [2.24, 2.45) is 0 Å². The van der Waals surface area contributed by atoms with Gasteiger partial charge in [0.15, 0.2) is 5.58 Å². The van der Waals surface area contributed by atoms with E-state index in [-0.39, 0.29) is 0 Å². The van der Waals surface area contributed by atoms with Gasteiger partial charge < -0.3 is 9.32 Å². The smallest absolute Gasteiger partial charge is 0.159 e. The number of furan rings is 1. The van der Waals surface area contributed by atoms with Crippen molar-refractivity contribution in [3.8, 4) is 55.6 Å². The SMILES string of the molecule is c1ccc(-c2ccc(N(c3ccc(-c4ccc(-c5ccccc5)c(-c5ccccc5)c4)cc3)c3cccc4c3oc3c(-c5ccccc5)cccc34)cc2)cc1. The Morgan fingerprint density at radius 2 is 0.696 bits per heavy atom. The Morgan fingerprint density at radius 3 is 1.27 bits per heavy atom. The highest BCUT2D eigenvalue weighted by Gasteiger charge is 2.21. The van der Waals surface area contributed by atoms with Crippen molar-refractivity contribution in [3.05, 3.63) is 224 Å². The Bertz CT molecular complexity index is 2920. The van der Waals surface area contributed by atoms with E-state index in [0.29, 0.717) is 0 Å². The first-order valence-electron chi connectivity index (χ1n) is 19.1. The molecule has 0 fully saturated rings. The quantitative estimate of drug-likeness (QED) is 0.156. The van der Waals surface area contributed by atoms with E-state index in [0.717, 1.165) is 55.7 Å². The Morgan fingerprint density at radius 1 is 0.268 bits per heavy atom. The van der Waals surface area contributed by atoms with E-state index in [1.165, 1.54) is 38.9 Å². The summed E-state index contributed by atoms with van der Waals surface area (Å²) in [5.74, 6) is 0. The number of hydrogen-bond donors (Lipinski definition) is 0. The van der Waals surface area contributed by atoms with Crippen LogP contribution in [0.1, 0.15) is 0 Å². The first-order chi connectivity index (χ1) is 27.8. The van der Waals surface area contributed by atoms with Crippen molar-refractivity contribution < 1.29 is 4.42 Å². The van der Waals surface area contributed by atoms with Crippen molar-refractivity contribution in [2.75, 3.05) is 4.90 Å². The van der Waals surface area contributed by atoms with Crippen LogP contribution in [0.4, 0.5) is 17.1 Å². The summed E-state index contributed by atoms with van der Waals surface area (Å²) in [5, 5.41) is 2.19. The third-order valence-corrected chi connectivity index (χ3v) is 10.7. The van der Waals surface area contributed by atoms with Crippen LogP contribution in [0.25, 0.3) is 77.6 Å². The van der Waals surface area contributed by atoms with Gasteiger partial charge in [-0.25, -0.2) is 0 Å². The molecule has 1 heterocycles. The number of nitrogens with zero attached hydrogens (tertiary/aromatic N) is 1. The topological polar surface area (TPSA) is 16.4 Å². The van der Waals surface area contributed by atoms with E-state index < -0.39 is 0 Å². The highest BCUT2D eigenvalue weighted by molar-refractivity contribution is 6.13. The van der Waals surface area contributed by atoms with Crippen LogP contribution < -0.4 is 4.90 Å². The zero-order chi connectivity index (χ0) is 37.3. The van der Waals surface area contributed by atoms with Gasteiger partial charge in [-0.05, 0) is 86.5 Å². The van der Waals surface area contributed by atoms with Crippen LogP contribution in [-0.4, -0.2) is 0 Å². The molecular formula is C54H37NO. The second kappa shape index (κ2) is 14.4. The Labute approximate surface area is 327 Å². The van der Waals surface area contributed by atoms with Gasteiger partial charge in [0.05, 0.1) is 5.69 Å². The van der Waals surface area contributed by atoms with Crippen molar-refractivity contribution >= 4 is 39.0 Å². The summed E-state index contributed by atoms with van der Waals surface area (Å²) in [5.41, 5.74) is 16.6. The van der Waals surface area contributed by atoms with Crippen molar-refractivity contribution in [2.45, 2.75) is 0 Å². The molecule has 0 saturated carbocycles. The van der Waals surface area contributed by atoms with Crippen LogP contribution in [-0.2, 0) is 0 Å². The summed E-state index contributed by atoms with van der Waals surface area (Å²) in [6.45, 7) is 0. The lowest BCUT2D eigenvalue weighted by Gasteiger charge is -2.26. The molecule has 0 aliphatic heterocycles. The lowest BCUT2D eigenvalue weighted by Crippen LogP contribution is -2.10. The van der Waals surface area contributed by atoms with E-state index >= 15 is 0 Å². The van der Waals surface area contributed by atoms with Crippen LogP contribution in [0.2, 0.25) is 0 Å². The first kappa shape index (κ1) is 33.2. The highest BCUT2D eigenvalue weighted by Crippen LogP contribution is 2.45. The molecule has 0 spiro atoms. The molecule has 10 aromatic rings. The summed E-state index contributed by atoms with van der Waals surface area (Å²) >= 11 is 0. The minimum Gasteiger partial charge on any atom is -0.453 e. The maximum Gasteiger partial charge on any atom is 0.159 e. The average Bonchev–Trinajstić information content (AvgIpc) is 3.68. The maximum absolute atomic E-state index is 6.94. The minimum absolute atomic E-state index is 0.853. The summed E-state index contributed by atoms with van der Waals surface area (Å²) in [6, 6.07) is 79.8. The fourth-order valence-corrected chi connectivity index (χ4v) is 7.94. The van der Waals surface area contributed by atoms with Gasteiger partial charge in [-0.1, -0.05) is 188 Å². The molecule has 0 amide bonds. The van der Waals surface area contributed by atoms with E-state index in [9.17, 15) is 0 Å². The largest absolute Gasteiger partial charge is 0.453 e. The third-order valence-electron chi connectivity index (χ3n) is 10.7. The second-order valence-corrected chi connectivity index (χ2v) is 14.1. The molecule has 2 heteroatoms. The summed E-state index contributed by atoms with van der Waals surface area (Å²) in [6.07, 6.45) is 0. The normalized spacial score (nSPS) is 11.2. The lowest BCUT2D eigenvalue weighted by molar-refractivity contribution is 0.670. The summed E-state index contributed by atoms with van der Waals surface area (Å²) in [4.78, 5) is 2.32. The van der Waals surface area contributed by atoms with Gasteiger partial charge in [-0.15, -0.1) is 0 Å². The van der Waals surface area contributed by atoms with Crippen LogP contribution in [0, 0.1) is 0 Å². The monoisotopic (exact) mass is 715 g/mol. The standard InChI is InChI=1S/C54H37NO/c1-5-15-38(16-6-1)39-27-32-45(33-28-39)55(52-26-14-25-50-49-24-13-23-48(53(49)56-54(50)52)42-19-9-3-10-20-42)46-34-29-40(30-35-46)44-31-36-47(41-17-7-2-8-18-41)51(37-44)43-21-11-4-12-22-43/h1-37H. The molecule has 56 heavy (non-hydrogen) atoms. The zero-order valence-corrected chi connectivity index (χ0v) is 30.7. The lowest BCUT2D eigenvalue weighted by atomic mass is 9.91. The van der Waals surface area contributed by atoms with Gasteiger partial charge >= 0.3 is 0 Å². The predicted molar refractivity (Wildman–Crippen MR) is 236 cm³/mol. The van der Waals surface area contributed by atoms with Gasteiger partial charge in [0.2, 0.25) is 0 Å². The molecule has 9 aromatic carbocycles. The van der Waals surface area contributed by atoms with E-state index in [4.69, 9.17) is 4.42 Å². The summed E-state index contributed by atoms with van der Waals surface area (Å²) in [7, 11) is 0. The molecular weight excluding hydrogens is 679 g/mol. The number of fused-ring (bicyclic) bond motifs is 3. The number of hydrogen-bond acceptors (Lipinski definition) is 2. The average molecular weight is 716 g/mol. The van der Waals surface area contributed by atoms with Crippen LogP contribution in [0.15, 0.2) is 229 Å². The van der Waals surface area contributed by atoms with E-state index in [2.05, 4.69) is 229 Å². The predicted octanol–water partition coefficient (Wildman–Crippen LogP) is 15.4. The van der Waals surface area contributed by atoms with Gasteiger partial charge in [-0.3, -0.25) is 0 Å². The van der Waals surface area contributed by atoms with Crippen LogP contribution >= 0.6 is 0 Å². The molecule has 1 aromatic heterocycles. The van der Waals surface area contributed by atoms with Crippen molar-refractivity contribution in [1.29, 1.82) is 0 Å². The highest BCUT2D eigenvalue weighted by atomic mass is 16.3. The Kier molecular flexibility index (Phi) is 8.55. The third kappa shape index (κ3) is 6.14. The zero-order valence-electron chi connectivity index (χ0n) is 30.7. The molecule has 0 bridgehead atoms. The van der Waals surface area contributed by atoms with Gasteiger partial charge in [0, 0.05) is 27.7 Å². The number of benzene rings is 9. The Hall–Kier alpha value is -7.42. The molecule has 0 aliphatic rings. The molecule has 264 valence electrons. The molecule has 2 nitrogen and oxygen atoms in total. The molecule has 10 rings (SSSR count). The Balaban J connectivity index is 1.10. The molecule has 0 radical (unpaired) electrons. The molecule has 0 N–H and O–H groups in total. The van der Waals surface area contributed by atoms with Gasteiger partial charge in [-0.2, -0.15) is 0 Å². The van der Waals surface area contributed by atoms with E-state index in [1.54, 1.807) is 0 Å². The van der Waals surface area contributed by atoms with Gasteiger partial charge in [0.25, 0.3) is 0 Å². The molecule has 0 aliphatic carbocycles. The van der Waals surface area contributed by atoms with Crippen molar-refractivity contribution in [3.63, 3.8) is 0 Å². The number of para-hydroxylation sites is 2. The molecule has 0 atom stereocenters. The maximum atomic E-state index is 6.94. The van der Waals surface area contributed by atoms with Crippen molar-refractivity contribution in [1.82, 2.24) is 0 Å². The molecule has 0 saturated heterocycles. The van der Waals surface area contributed by atoms with Crippen LogP contribution in [0.5, 0.6) is 0 Å². The number of anilines is 3. The number of rotatable bonds is 8. The van der Waals surface area contributed by atoms with Gasteiger partial charge in [0.1, 0.15) is 5.58 Å². The fraction of sp³-hybridized carbons (Fsp3) is 0. The molecule has 0 unspecified atom stereocenters. The minimum atomic E-state index is 0.853. The van der Waals surface area contributed by atoms with Crippen LogP contribution in [0.3, 0.4) is 0 Å².